The van der Waals surface area contributed by atoms with Crippen LogP contribution in [0.4, 0.5) is 5.69 Å². The van der Waals surface area contributed by atoms with Gasteiger partial charge in [0.15, 0.2) is 4.21 Å². The minimum absolute atomic E-state index is 0.118. The molecule has 0 saturated carbocycles. The molecule has 0 aromatic carbocycles. The maximum absolute atomic E-state index is 11.3. The maximum Gasteiger partial charge on any atom is 0.296 e. The van der Waals surface area contributed by atoms with Crippen molar-refractivity contribution in [3.05, 3.63) is 11.4 Å². The first-order chi connectivity index (χ1) is 6.02. The summed E-state index contributed by atoms with van der Waals surface area (Å²) < 4.78 is 27.1. The van der Waals surface area contributed by atoms with E-state index in [2.05, 4.69) is 4.40 Å². The fourth-order valence-electron chi connectivity index (χ4n) is 0.903. The van der Waals surface area contributed by atoms with Gasteiger partial charge in [0.25, 0.3) is 10.0 Å². The molecule has 70 valence electrons. The molecular formula is C5H2Cl2N2O2S2. The highest BCUT2D eigenvalue weighted by Gasteiger charge is 2.30. The minimum Gasteiger partial charge on any atom is -0.223 e. The Hall–Kier alpha value is -0.300. The van der Waals surface area contributed by atoms with Crippen molar-refractivity contribution in [1.29, 1.82) is 0 Å². The molecule has 0 fully saturated rings. The average molecular weight is 257 g/mol. The van der Waals surface area contributed by atoms with Gasteiger partial charge in [-0.2, -0.15) is 8.42 Å². The lowest BCUT2D eigenvalue weighted by Gasteiger charge is -2.16. The fraction of sp³-hybridized carbons (Fsp3) is 0. The van der Waals surface area contributed by atoms with Gasteiger partial charge in [0.2, 0.25) is 5.29 Å². The summed E-state index contributed by atoms with van der Waals surface area (Å²) in [7, 11) is -3.63. The average Bonchev–Trinajstić information content (AvgIpc) is 2.48. The van der Waals surface area contributed by atoms with E-state index in [1.54, 1.807) is 11.4 Å². The molecule has 0 atom stereocenters. The zero-order chi connectivity index (χ0) is 9.64. The predicted octanol–water partition coefficient (Wildman–Crippen LogP) is 2.01. The van der Waals surface area contributed by atoms with Gasteiger partial charge in [-0.15, -0.1) is 15.7 Å². The molecule has 8 heteroatoms. The number of nitrogens with zero attached hydrogens (tertiary/aromatic N) is 2. The van der Waals surface area contributed by atoms with Crippen molar-refractivity contribution in [2.45, 2.75) is 4.21 Å². The molecule has 4 nitrogen and oxygen atoms in total. The number of sulfonamides is 1. The van der Waals surface area contributed by atoms with Crippen molar-refractivity contribution >= 4 is 55.7 Å². The largest absolute Gasteiger partial charge is 0.296 e. The molecule has 2 heterocycles. The molecule has 0 saturated heterocycles. The van der Waals surface area contributed by atoms with Crippen molar-refractivity contribution in [3.63, 3.8) is 0 Å². The Morgan fingerprint density at radius 1 is 1.54 bits per heavy atom. The summed E-state index contributed by atoms with van der Waals surface area (Å²) in [5.41, 5.74) is 0.353. The topological polar surface area (TPSA) is 49.7 Å². The lowest BCUT2D eigenvalue weighted by Crippen LogP contribution is -2.22. The summed E-state index contributed by atoms with van der Waals surface area (Å²) in [5.74, 6) is 0. The number of amidine groups is 1. The van der Waals surface area contributed by atoms with Crippen molar-refractivity contribution in [1.82, 2.24) is 0 Å². The highest BCUT2D eigenvalue weighted by atomic mass is 35.5. The molecule has 0 bridgehead atoms. The summed E-state index contributed by atoms with van der Waals surface area (Å²) in [4.78, 5) is 0. The van der Waals surface area contributed by atoms with E-state index >= 15 is 0 Å². The number of hydrogen-bond acceptors (Lipinski definition) is 4. The van der Waals surface area contributed by atoms with E-state index in [1.807, 2.05) is 0 Å². The highest BCUT2D eigenvalue weighted by Crippen LogP contribution is 2.37. The lowest BCUT2D eigenvalue weighted by atomic mass is 10.5. The predicted molar refractivity (Wildman–Crippen MR) is 53.1 cm³/mol. The van der Waals surface area contributed by atoms with Crippen LogP contribution in [0, 0.1) is 0 Å². The van der Waals surface area contributed by atoms with Crippen LogP contribution < -0.4 is 4.42 Å². The number of halogens is 2. The van der Waals surface area contributed by atoms with Crippen molar-refractivity contribution in [2.24, 2.45) is 4.40 Å². The molecule has 0 N–H and O–H groups in total. The Labute approximate surface area is 88.6 Å². The Morgan fingerprint density at radius 3 is 2.92 bits per heavy atom. The molecule has 0 unspecified atom stereocenters. The smallest absolute Gasteiger partial charge is 0.223 e. The zero-order valence-corrected chi connectivity index (χ0v) is 9.08. The molecule has 0 radical (unpaired) electrons. The van der Waals surface area contributed by atoms with Crippen LogP contribution in [-0.2, 0) is 10.0 Å². The van der Waals surface area contributed by atoms with E-state index in [0.717, 1.165) is 15.8 Å². The molecule has 0 amide bonds. The van der Waals surface area contributed by atoms with Crippen LogP contribution in [0.2, 0.25) is 0 Å². The van der Waals surface area contributed by atoms with Crippen molar-refractivity contribution in [3.8, 4) is 0 Å². The molecule has 1 aromatic rings. The van der Waals surface area contributed by atoms with Crippen LogP contribution in [0.25, 0.3) is 0 Å². The molecule has 1 aliphatic rings. The van der Waals surface area contributed by atoms with Gasteiger partial charge in [0.05, 0.1) is 5.69 Å². The minimum atomic E-state index is -3.63. The second kappa shape index (κ2) is 2.84. The highest BCUT2D eigenvalue weighted by molar-refractivity contribution is 7.92. The zero-order valence-electron chi connectivity index (χ0n) is 5.94. The molecule has 13 heavy (non-hydrogen) atoms. The second-order valence-corrected chi connectivity index (χ2v) is 5.60. The first-order valence-electron chi connectivity index (χ1n) is 3.06. The molecule has 1 aromatic heterocycles. The maximum atomic E-state index is 11.3. The van der Waals surface area contributed by atoms with Gasteiger partial charge in [0.1, 0.15) is 0 Å². The Morgan fingerprint density at radius 2 is 2.23 bits per heavy atom. The molecule has 0 spiro atoms. The number of thiophene rings is 1. The third-order valence-corrected chi connectivity index (χ3v) is 4.90. The molecule has 1 aliphatic heterocycles. The Bertz CT molecular complexity index is 478. The summed E-state index contributed by atoms with van der Waals surface area (Å²) in [6.07, 6.45) is 0. The van der Waals surface area contributed by atoms with Crippen LogP contribution in [0.1, 0.15) is 0 Å². The van der Waals surface area contributed by atoms with E-state index in [9.17, 15) is 8.42 Å². The van der Waals surface area contributed by atoms with Crippen LogP contribution in [-0.4, -0.2) is 13.7 Å². The number of fused-ring (bicyclic) bond motifs is 1. The quantitative estimate of drug-likeness (QED) is 0.527. The summed E-state index contributed by atoms with van der Waals surface area (Å²) in [6.45, 7) is 0. The van der Waals surface area contributed by atoms with Crippen molar-refractivity contribution < 1.29 is 8.42 Å². The number of anilines is 1. The monoisotopic (exact) mass is 256 g/mol. The summed E-state index contributed by atoms with van der Waals surface area (Å²) in [6, 6.07) is 1.57. The lowest BCUT2D eigenvalue weighted by molar-refractivity contribution is 0.599. The van der Waals surface area contributed by atoms with E-state index in [1.165, 1.54) is 0 Å². The van der Waals surface area contributed by atoms with Crippen LogP contribution >= 0.6 is 34.7 Å². The fourth-order valence-corrected chi connectivity index (χ4v) is 3.74. The first-order valence-corrected chi connectivity index (χ1v) is 6.10. The molecule has 2 rings (SSSR count). The normalized spacial score (nSPS) is 19.5. The summed E-state index contributed by atoms with van der Waals surface area (Å²) in [5, 5.41) is 1.36. The van der Waals surface area contributed by atoms with Gasteiger partial charge < -0.3 is 0 Å². The SMILES string of the molecule is O=S1(=O)N=C(Cl)N(Cl)c2ccsc21. The van der Waals surface area contributed by atoms with Gasteiger partial charge in [-0.1, -0.05) is 0 Å². The van der Waals surface area contributed by atoms with Crippen LogP contribution in [0.15, 0.2) is 20.1 Å². The van der Waals surface area contributed by atoms with Crippen LogP contribution in [0.5, 0.6) is 0 Å². The van der Waals surface area contributed by atoms with E-state index in [0.29, 0.717) is 5.69 Å². The Kier molecular flexibility index (Phi) is 2.03. The Balaban J connectivity index is 2.75. The molecular weight excluding hydrogens is 255 g/mol. The summed E-state index contributed by atoms with van der Waals surface area (Å²) >= 11 is 12.2. The van der Waals surface area contributed by atoms with Crippen LogP contribution in [0.3, 0.4) is 0 Å². The van der Waals surface area contributed by atoms with Gasteiger partial charge in [0, 0.05) is 11.8 Å². The number of rotatable bonds is 0. The standard InChI is InChI=1S/C5H2Cl2N2O2S2/c6-5-8-13(10,11)4-3(9(5)7)1-2-12-4/h1-2H. The van der Waals surface area contributed by atoms with E-state index < -0.39 is 10.0 Å². The van der Waals surface area contributed by atoms with Gasteiger partial charge in [-0.3, -0.25) is 0 Å². The van der Waals surface area contributed by atoms with E-state index in [-0.39, 0.29) is 9.50 Å². The van der Waals surface area contributed by atoms with Gasteiger partial charge >= 0.3 is 0 Å². The van der Waals surface area contributed by atoms with Crippen molar-refractivity contribution in [2.75, 3.05) is 4.42 Å². The van der Waals surface area contributed by atoms with Gasteiger partial charge in [-0.25, -0.2) is 4.42 Å². The third kappa shape index (κ3) is 1.34. The third-order valence-electron chi connectivity index (χ3n) is 1.41. The first kappa shape index (κ1) is 9.26. The number of hydrogen-bond donors (Lipinski definition) is 0. The molecule has 0 aliphatic carbocycles. The van der Waals surface area contributed by atoms with E-state index in [4.69, 9.17) is 23.4 Å². The second-order valence-electron chi connectivity index (χ2n) is 2.21. The van der Waals surface area contributed by atoms with Gasteiger partial charge in [-0.05, 0) is 23.0 Å².